The van der Waals surface area contributed by atoms with Crippen LogP contribution in [0.15, 0.2) is 11.6 Å². The average Bonchev–Trinajstić information content (AvgIpc) is 2.10. The van der Waals surface area contributed by atoms with Crippen molar-refractivity contribution < 1.29 is 9.53 Å². The average molecular weight is 171 g/mol. The topological polar surface area (TPSA) is 38.3 Å². The number of carbonyl (C=O) groups excluding carboxylic acids is 1. The molecule has 3 nitrogen and oxygen atoms in total. The van der Waals surface area contributed by atoms with Crippen LogP contribution >= 0.6 is 0 Å². The Labute approximate surface area is 73.8 Å². The minimum atomic E-state index is -0.256. The van der Waals surface area contributed by atoms with Crippen LogP contribution in [0.5, 0.6) is 0 Å². The molecular weight excluding hydrogens is 154 g/mol. The summed E-state index contributed by atoms with van der Waals surface area (Å²) >= 11 is 0. The number of hydrogen-bond acceptors (Lipinski definition) is 3. The van der Waals surface area contributed by atoms with Gasteiger partial charge in [0.15, 0.2) is 0 Å². The molecule has 0 atom stereocenters. The van der Waals surface area contributed by atoms with Crippen molar-refractivity contribution in [3.05, 3.63) is 11.6 Å². The molecule has 0 aromatic rings. The second-order valence-corrected chi connectivity index (χ2v) is 2.58. The van der Waals surface area contributed by atoms with Gasteiger partial charge < -0.3 is 10.1 Å². The van der Waals surface area contributed by atoms with Crippen molar-refractivity contribution in [2.24, 2.45) is 0 Å². The van der Waals surface area contributed by atoms with Gasteiger partial charge in [-0.05, 0) is 19.9 Å². The summed E-state index contributed by atoms with van der Waals surface area (Å²) in [5.74, 6) is -0.256. The maximum Gasteiger partial charge on any atom is 0.333 e. The second-order valence-electron chi connectivity index (χ2n) is 2.58. The lowest BCUT2D eigenvalue weighted by Crippen LogP contribution is -2.15. The molecule has 12 heavy (non-hydrogen) atoms. The highest BCUT2D eigenvalue weighted by Gasteiger charge is 2.00. The summed E-state index contributed by atoms with van der Waals surface area (Å²) in [6.45, 7) is 5.56. The van der Waals surface area contributed by atoms with E-state index < -0.39 is 0 Å². The quantitative estimate of drug-likeness (QED) is 0.382. The molecule has 0 radical (unpaired) electrons. The molecule has 0 rings (SSSR count). The van der Waals surface area contributed by atoms with Gasteiger partial charge in [0.05, 0.1) is 7.11 Å². The van der Waals surface area contributed by atoms with E-state index in [1.807, 2.05) is 6.08 Å². The van der Waals surface area contributed by atoms with Crippen LogP contribution in [0.1, 0.15) is 20.3 Å². The van der Waals surface area contributed by atoms with Gasteiger partial charge in [-0.25, -0.2) is 4.79 Å². The summed E-state index contributed by atoms with van der Waals surface area (Å²) in [6.07, 6.45) is 2.94. The lowest BCUT2D eigenvalue weighted by molar-refractivity contribution is -0.136. The van der Waals surface area contributed by atoms with Crippen LogP contribution in [0.4, 0.5) is 0 Å². The summed E-state index contributed by atoms with van der Waals surface area (Å²) in [4.78, 5) is 10.9. The fraction of sp³-hybridized carbons (Fsp3) is 0.667. The molecule has 0 bridgehead atoms. The van der Waals surface area contributed by atoms with Gasteiger partial charge in [0.25, 0.3) is 0 Å². The Bertz CT molecular complexity index is 164. The molecule has 0 aliphatic rings. The first kappa shape index (κ1) is 11.2. The lowest BCUT2D eigenvalue weighted by Gasteiger charge is -1.99. The van der Waals surface area contributed by atoms with Gasteiger partial charge in [-0.15, -0.1) is 0 Å². The predicted octanol–water partition coefficient (Wildman–Crippen LogP) is 1.11. The van der Waals surface area contributed by atoms with Crippen LogP contribution in [0.25, 0.3) is 0 Å². The molecule has 0 aliphatic carbocycles. The molecule has 0 amide bonds. The van der Waals surface area contributed by atoms with E-state index in [2.05, 4.69) is 17.0 Å². The van der Waals surface area contributed by atoms with Crippen LogP contribution in [-0.4, -0.2) is 26.2 Å². The minimum Gasteiger partial charge on any atom is -0.466 e. The van der Waals surface area contributed by atoms with Crippen molar-refractivity contribution in [3.63, 3.8) is 0 Å². The second kappa shape index (κ2) is 6.85. The molecule has 70 valence electrons. The minimum absolute atomic E-state index is 0.256. The third kappa shape index (κ3) is 4.91. The summed E-state index contributed by atoms with van der Waals surface area (Å²) in [6, 6.07) is 0. The highest BCUT2D eigenvalue weighted by molar-refractivity contribution is 5.87. The normalized spacial score (nSPS) is 11.4. The summed E-state index contributed by atoms with van der Waals surface area (Å²) in [5.41, 5.74) is 0.654. The Hall–Kier alpha value is -0.830. The Morgan fingerprint density at radius 3 is 2.75 bits per heavy atom. The smallest absolute Gasteiger partial charge is 0.333 e. The van der Waals surface area contributed by atoms with E-state index in [1.165, 1.54) is 7.11 Å². The third-order valence-electron chi connectivity index (χ3n) is 1.49. The standard InChI is InChI=1S/C9H17NO2/c1-4-6-10-7-5-8(2)9(11)12-3/h5,10H,4,6-7H2,1-3H3/b8-5-. The predicted molar refractivity (Wildman–Crippen MR) is 48.9 cm³/mol. The number of carbonyl (C=O) groups is 1. The number of hydrogen-bond donors (Lipinski definition) is 1. The molecule has 3 heteroatoms. The molecule has 0 saturated carbocycles. The van der Waals surface area contributed by atoms with Crippen molar-refractivity contribution >= 4 is 5.97 Å². The Balaban J connectivity index is 3.61. The van der Waals surface area contributed by atoms with Gasteiger partial charge in [0.1, 0.15) is 0 Å². The van der Waals surface area contributed by atoms with Crippen molar-refractivity contribution in [1.29, 1.82) is 0 Å². The molecule has 0 heterocycles. The molecule has 0 aliphatic heterocycles. The van der Waals surface area contributed by atoms with Gasteiger partial charge >= 0.3 is 5.97 Å². The van der Waals surface area contributed by atoms with E-state index in [0.717, 1.165) is 19.5 Å². The van der Waals surface area contributed by atoms with Crippen LogP contribution < -0.4 is 5.32 Å². The van der Waals surface area contributed by atoms with E-state index in [-0.39, 0.29) is 5.97 Å². The SMILES string of the molecule is CCCNC/C=C(/C)C(=O)OC. The summed E-state index contributed by atoms with van der Waals surface area (Å²) < 4.78 is 4.53. The van der Waals surface area contributed by atoms with Crippen LogP contribution in [0.2, 0.25) is 0 Å². The van der Waals surface area contributed by atoms with Crippen molar-refractivity contribution in [1.82, 2.24) is 5.32 Å². The fourth-order valence-corrected chi connectivity index (χ4v) is 0.748. The number of rotatable bonds is 5. The zero-order valence-corrected chi connectivity index (χ0v) is 8.02. The number of methoxy groups -OCH3 is 1. The number of esters is 1. The van der Waals surface area contributed by atoms with E-state index >= 15 is 0 Å². The van der Waals surface area contributed by atoms with Gasteiger partial charge in [0, 0.05) is 12.1 Å². The molecule has 0 aromatic carbocycles. The number of nitrogens with one attached hydrogen (secondary N) is 1. The molecule has 0 saturated heterocycles. The lowest BCUT2D eigenvalue weighted by atomic mass is 10.3. The monoisotopic (exact) mass is 171 g/mol. The highest BCUT2D eigenvalue weighted by Crippen LogP contribution is 1.93. The largest absolute Gasteiger partial charge is 0.466 e. The molecule has 0 aromatic heterocycles. The van der Waals surface area contributed by atoms with E-state index in [1.54, 1.807) is 6.92 Å². The Kier molecular flexibility index (Phi) is 6.38. The third-order valence-corrected chi connectivity index (χ3v) is 1.49. The highest BCUT2D eigenvalue weighted by atomic mass is 16.5. The van der Waals surface area contributed by atoms with Crippen molar-refractivity contribution in [3.8, 4) is 0 Å². The van der Waals surface area contributed by atoms with Gasteiger partial charge in [-0.2, -0.15) is 0 Å². The Morgan fingerprint density at radius 2 is 2.25 bits per heavy atom. The van der Waals surface area contributed by atoms with E-state index in [0.29, 0.717) is 5.57 Å². The van der Waals surface area contributed by atoms with Crippen LogP contribution in [0, 0.1) is 0 Å². The first-order valence-electron chi connectivity index (χ1n) is 4.18. The Morgan fingerprint density at radius 1 is 1.58 bits per heavy atom. The zero-order valence-electron chi connectivity index (χ0n) is 8.02. The molecular formula is C9H17NO2. The van der Waals surface area contributed by atoms with Gasteiger partial charge in [-0.1, -0.05) is 13.0 Å². The number of ether oxygens (including phenoxy) is 1. The van der Waals surface area contributed by atoms with E-state index in [9.17, 15) is 4.79 Å². The zero-order chi connectivity index (χ0) is 9.40. The van der Waals surface area contributed by atoms with Crippen molar-refractivity contribution in [2.75, 3.05) is 20.2 Å². The molecule has 1 N–H and O–H groups in total. The van der Waals surface area contributed by atoms with Gasteiger partial charge in [-0.3, -0.25) is 0 Å². The first-order chi connectivity index (χ1) is 5.72. The fourth-order valence-electron chi connectivity index (χ4n) is 0.748. The maximum absolute atomic E-state index is 10.9. The van der Waals surface area contributed by atoms with E-state index in [4.69, 9.17) is 0 Å². The van der Waals surface area contributed by atoms with Crippen LogP contribution in [0.3, 0.4) is 0 Å². The summed E-state index contributed by atoms with van der Waals surface area (Å²) in [5, 5.41) is 3.16. The van der Waals surface area contributed by atoms with Crippen LogP contribution in [-0.2, 0) is 9.53 Å². The maximum atomic E-state index is 10.9. The molecule has 0 unspecified atom stereocenters. The molecule has 0 spiro atoms. The van der Waals surface area contributed by atoms with Crippen molar-refractivity contribution in [2.45, 2.75) is 20.3 Å². The first-order valence-corrected chi connectivity index (χ1v) is 4.18. The molecule has 0 fully saturated rings. The van der Waals surface area contributed by atoms with Gasteiger partial charge in [0.2, 0.25) is 0 Å². The summed E-state index contributed by atoms with van der Waals surface area (Å²) in [7, 11) is 1.39.